The molecule has 0 radical (unpaired) electrons. The first kappa shape index (κ1) is 12.0. The van der Waals surface area contributed by atoms with E-state index in [2.05, 4.69) is 15.0 Å². The van der Waals surface area contributed by atoms with Crippen molar-refractivity contribution in [2.75, 3.05) is 0 Å². The van der Waals surface area contributed by atoms with Crippen LogP contribution in [0.3, 0.4) is 0 Å². The first-order valence-corrected chi connectivity index (χ1v) is 5.31. The van der Waals surface area contributed by atoms with Gasteiger partial charge in [0, 0.05) is 6.07 Å². The van der Waals surface area contributed by atoms with Crippen molar-refractivity contribution in [3.63, 3.8) is 0 Å². The van der Waals surface area contributed by atoms with Gasteiger partial charge < -0.3 is 4.74 Å². The van der Waals surface area contributed by atoms with Crippen LogP contribution in [0, 0.1) is 12.7 Å². The molecule has 1 aromatic carbocycles. The van der Waals surface area contributed by atoms with Crippen molar-refractivity contribution < 1.29 is 9.13 Å². The topological polar surface area (TPSA) is 47.9 Å². The Hall–Kier alpha value is -1.46. The van der Waals surface area contributed by atoms with E-state index in [1.165, 1.54) is 6.07 Å². The van der Waals surface area contributed by atoms with Gasteiger partial charge in [-0.05, 0) is 41.8 Å². The van der Waals surface area contributed by atoms with Gasteiger partial charge in [-0.3, -0.25) is 0 Å². The molecular weight excluding hydrogens is 268 g/mol. The molecule has 1 heterocycles. The van der Waals surface area contributed by atoms with Crippen molar-refractivity contribution in [2.24, 2.45) is 0 Å². The lowest BCUT2D eigenvalue weighted by Gasteiger charge is -2.04. The molecule has 0 N–H and O–H groups in total. The molecule has 0 aliphatic heterocycles. The smallest absolute Gasteiger partial charge is 0.327 e. The van der Waals surface area contributed by atoms with Gasteiger partial charge >= 0.3 is 6.01 Å². The van der Waals surface area contributed by atoms with Crippen molar-refractivity contribution in [3.8, 4) is 11.8 Å². The lowest BCUT2D eigenvalue weighted by molar-refractivity contribution is 0.435. The number of aromatic nitrogens is 3. The number of aryl methyl sites for hydroxylation is 1. The zero-order valence-electron chi connectivity index (χ0n) is 8.62. The highest BCUT2D eigenvalue weighted by molar-refractivity contribution is 6.31. The second-order valence-electron chi connectivity index (χ2n) is 3.17. The second-order valence-corrected chi connectivity index (χ2v) is 3.85. The van der Waals surface area contributed by atoms with Crippen LogP contribution in [0.15, 0.2) is 18.2 Å². The van der Waals surface area contributed by atoms with E-state index < -0.39 is 0 Å². The molecule has 0 amide bonds. The minimum absolute atomic E-state index is 0.0850. The molecule has 88 valence electrons. The van der Waals surface area contributed by atoms with Crippen molar-refractivity contribution in [1.82, 2.24) is 15.0 Å². The molecule has 17 heavy (non-hydrogen) atoms. The minimum Gasteiger partial charge on any atom is -0.424 e. The maximum atomic E-state index is 13.3. The Bertz CT molecular complexity index is 545. The summed E-state index contributed by atoms with van der Waals surface area (Å²) in [7, 11) is 0. The number of hydrogen-bond donors (Lipinski definition) is 0. The van der Waals surface area contributed by atoms with Gasteiger partial charge in [-0.2, -0.15) is 15.0 Å². The highest BCUT2D eigenvalue weighted by Gasteiger charge is 2.07. The Labute approximate surface area is 106 Å². The summed E-state index contributed by atoms with van der Waals surface area (Å²) < 4.78 is 18.5. The summed E-state index contributed by atoms with van der Waals surface area (Å²) >= 11 is 11.1. The Morgan fingerprint density at radius 1 is 1.12 bits per heavy atom. The van der Waals surface area contributed by atoms with E-state index in [1.807, 2.05) is 0 Å². The Balaban J connectivity index is 2.28. The maximum Gasteiger partial charge on any atom is 0.327 e. The minimum atomic E-state index is -0.381. The third-order valence-electron chi connectivity index (χ3n) is 1.91. The van der Waals surface area contributed by atoms with Crippen molar-refractivity contribution in [2.45, 2.75) is 6.92 Å². The second kappa shape index (κ2) is 4.81. The first-order chi connectivity index (χ1) is 8.04. The fourth-order valence-corrected chi connectivity index (χ4v) is 1.45. The summed E-state index contributed by atoms with van der Waals surface area (Å²) in [6, 6.07) is 4.30. The van der Waals surface area contributed by atoms with Crippen LogP contribution in [0.2, 0.25) is 10.6 Å². The van der Waals surface area contributed by atoms with Crippen LogP contribution in [0.25, 0.3) is 0 Å². The third-order valence-corrected chi connectivity index (χ3v) is 2.25. The van der Waals surface area contributed by atoms with Gasteiger partial charge in [0.25, 0.3) is 0 Å². The summed E-state index contributed by atoms with van der Waals surface area (Å²) in [6.07, 6.45) is 0. The summed E-state index contributed by atoms with van der Waals surface area (Å²) in [6.45, 7) is 1.65. The fourth-order valence-electron chi connectivity index (χ4n) is 1.10. The average molecular weight is 274 g/mol. The molecule has 0 spiro atoms. The lowest BCUT2D eigenvalue weighted by Crippen LogP contribution is -1.95. The lowest BCUT2D eigenvalue weighted by atomic mass is 10.2. The Morgan fingerprint density at radius 3 is 2.35 bits per heavy atom. The Morgan fingerprint density at radius 2 is 1.76 bits per heavy atom. The van der Waals surface area contributed by atoms with Gasteiger partial charge in [-0.1, -0.05) is 6.07 Å². The number of halogens is 3. The number of rotatable bonds is 2. The molecule has 4 nitrogen and oxygen atoms in total. The quantitative estimate of drug-likeness (QED) is 0.841. The van der Waals surface area contributed by atoms with Gasteiger partial charge in [0.1, 0.15) is 11.6 Å². The van der Waals surface area contributed by atoms with E-state index in [4.69, 9.17) is 27.9 Å². The van der Waals surface area contributed by atoms with Crippen LogP contribution in [-0.4, -0.2) is 15.0 Å². The van der Waals surface area contributed by atoms with Crippen LogP contribution < -0.4 is 4.74 Å². The van der Waals surface area contributed by atoms with E-state index in [0.29, 0.717) is 5.56 Å². The fraction of sp³-hybridized carbons (Fsp3) is 0.100. The molecule has 0 aliphatic carbocycles. The van der Waals surface area contributed by atoms with Gasteiger partial charge in [-0.15, -0.1) is 0 Å². The van der Waals surface area contributed by atoms with Crippen LogP contribution in [0.5, 0.6) is 11.8 Å². The third kappa shape index (κ3) is 3.01. The standard InChI is InChI=1S/C10H6Cl2FN3O/c1-5-2-3-6(4-7(5)13)17-10-15-8(11)14-9(12)16-10/h2-4H,1H3. The predicted molar refractivity (Wildman–Crippen MR) is 61.1 cm³/mol. The predicted octanol–water partition coefficient (Wildman–Crippen LogP) is 3.42. The molecule has 0 atom stereocenters. The number of hydrogen-bond acceptors (Lipinski definition) is 4. The van der Waals surface area contributed by atoms with Crippen LogP contribution >= 0.6 is 23.2 Å². The highest BCUT2D eigenvalue weighted by Crippen LogP contribution is 2.22. The first-order valence-electron chi connectivity index (χ1n) is 4.55. The number of nitrogens with zero attached hydrogens (tertiary/aromatic N) is 3. The van der Waals surface area contributed by atoms with Crippen molar-refractivity contribution in [1.29, 1.82) is 0 Å². The molecular formula is C10H6Cl2FN3O. The monoisotopic (exact) mass is 273 g/mol. The molecule has 7 heteroatoms. The van der Waals surface area contributed by atoms with Crippen LogP contribution in [0.4, 0.5) is 4.39 Å². The molecule has 0 fully saturated rings. The molecule has 0 saturated carbocycles. The van der Waals surface area contributed by atoms with E-state index >= 15 is 0 Å². The number of benzene rings is 1. The SMILES string of the molecule is Cc1ccc(Oc2nc(Cl)nc(Cl)n2)cc1F. The Kier molecular flexibility index (Phi) is 3.40. The van der Waals surface area contributed by atoms with Gasteiger partial charge in [0.05, 0.1) is 0 Å². The van der Waals surface area contributed by atoms with Gasteiger partial charge in [0.15, 0.2) is 0 Å². The normalized spacial score (nSPS) is 10.4. The molecule has 0 aliphatic rings. The van der Waals surface area contributed by atoms with Crippen LogP contribution in [-0.2, 0) is 0 Å². The van der Waals surface area contributed by atoms with E-state index in [-0.39, 0.29) is 28.1 Å². The van der Waals surface area contributed by atoms with Gasteiger partial charge in [-0.25, -0.2) is 4.39 Å². The zero-order valence-corrected chi connectivity index (χ0v) is 10.1. The summed E-state index contributed by atoms with van der Waals surface area (Å²) in [5.41, 5.74) is 0.518. The molecule has 0 unspecified atom stereocenters. The van der Waals surface area contributed by atoms with E-state index in [0.717, 1.165) is 0 Å². The largest absolute Gasteiger partial charge is 0.424 e. The van der Waals surface area contributed by atoms with Crippen molar-refractivity contribution >= 4 is 23.2 Å². The summed E-state index contributed by atoms with van der Waals surface area (Å²) in [5.74, 6) is -0.125. The molecule has 1 aromatic heterocycles. The van der Waals surface area contributed by atoms with Crippen LogP contribution in [0.1, 0.15) is 5.56 Å². The average Bonchev–Trinajstić information content (AvgIpc) is 2.22. The molecule has 2 rings (SSSR count). The van der Waals surface area contributed by atoms with E-state index in [9.17, 15) is 4.39 Å². The van der Waals surface area contributed by atoms with Gasteiger partial charge in [0.2, 0.25) is 10.6 Å². The van der Waals surface area contributed by atoms with Crippen molar-refractivity contribution in [3.05, 3.63) is 40.1 Å². The summed E-state index contributed by atoms with van der Waals surface area (Å²) in [5, 5.41) is -0.180. The highest BCUT2D eigenvalue weighted by atomic mass is 35.5. The maximum absolute atomic E-state index is 13.3. The number of ether oxygens (including phenoxy) is 1. The molecule has 0 saturated heterocycles. The zero-order chi connectivity index (χ0) is 12.4. The molecule has 0 bridgehead atoms. The molecule has 2 aromatic rings. The summed E-state index contributed by atoms with van der Waals surface area (Å²) in [4.78, 5) is 11.0. The van der Waals surface area contributed by atoms with E-state index in [1.54, 1.807) is 19.1 Å².